The predicted molar refractivity (Wildman–Crippen MR) is 101 cm³/mol. The minimum absolute atomic E-state index is 0.214. The molecule has 0 fully saturated rings. The third kappa shape index (κ3) is 5.24. The van der Waals surface area contributed by atoms with Crippen molar-refractivity contribution in [2.24, 2.45) is 0 Å². The van der Waals surface area contributed by atoms with E-state index in [9.17, 15) is 13.8 Å². The Morgan fingerprint density at radius 3 is 2.44 bits per heavy atom. The van der Waals surface area contributed by atoms with Gasteiger partial charge in [0.1, 0.15) is 0 Å². The summed E-state index contributed by atoms with van der Waals surface area (Å²) in [7, 11) is -1.29. The maximum absolute atomic E-state index is 12.4. The number of carbonyl (C=O) groups is 2. The van der Waals surface area contributed by atoms with Gasteiger partial charge in [-0.2, -0.15) is 0 Å². The molecular formula is C18H18BrNO4S. The Morgan fingerprint density at radius 1 is 1.16 bits per heavy atom. The Labute approximate surface area is 157 Å². The van der Waals surface area contributed by atoms with Gasteiger partial charge in [0.2, 0.25) is 0 Å². The summed E-state index contributed by atoms with van der Waals surface area (Å²) in [6.07, 6.45) is -0.987. The Morgan fingerprint density at radius 2 is 1.80 bits per heavy atom. The average Bonchev–Trinajstić information content (AvgIpc) is 2.62. The second-order valence-electron chi connectivity index (χ2n) is 5.17. The molecule has 0 aliphatic heterocycles. The van der Waals surface area contributed by atoms with Crippen LogP contribution in [0.5, 0.6) is 0 Å². The summed E-state index contributed by atoms with van der Waals surface area (Å²) in [5.41, 5.74) is 0.814. The molecule has 2 aromatic rings. The number of rotatable bonds is 6. The zero-order valence-corrected chi connectivity index (χ0v) is 16.2. The van der Waals surface area contributed by atoms with Crippen LogP contribution < -0.4 is 5.32 Å². The van der Waals surface area contributed by atoms with E-state index in [2.05, 4.69) is 21.2 Å². The topological polar surface area (TPSA) is 72.5 Å². The lowest BCUT2D eigenvalue weighted by atomic mass is 10.2. The van der Waals surface area contributed by atoms with Gasteiger partial charge in [-0.3, -0.25) is 9.00 Å². The fourth-order valence-corrected chi connectivity index (χ4v) is 3.25. The van der Waals surface area contributed by atoms with Crippen LogP contribution in [0.4, 0.5) is 5.69 Å². The molecule has 0 unspecified atom stereocenters. The molecule has 0 bridgehead atoms. The summed E-state index contributed by atoms with van der Waals surface area (Å²) in [5, 5.41) is 2.68. The van der Waals surface area contributed by atoms with Crippen LogP contribution in [0.15, 0.2) is 57.9 Å². The van der Waals surface area contributed by atoms with Gasteiger partial charge in [0.05, 0.1) is 21.3 Å². The van der Waals surface area contributed by atoms with Gasteiger partial charge in [-0.05, 0) is 43.3 Å². The van der Waals surface area contributed by atoms with Gasteiger partial charge in [0.15, 0.2) is 6.10 Å². The van der Waals surface area contributed by atoms with E-state index in [0.29, 0.717) is 16.3 Å². The minimum atomic E-state index is -1.29. The highest BCUT2D eigenvalue weighted by Gasteiger charge is 2.22. The van der Waals surface area contributed by atoms with Crippen LogP contribution in [-0.2, 0) is 20.3 Å². The van der Waals surface area contributed by atoms with Crippen LogP contribution in [0.25, 0.3) is 0 Å². The Bertz CT molecular complexity index is 792. The lowest BCUT2D eigenvalue weighted by Crippen LogP contribution is -2.30. The van der Waals surface area contributed by atoms with Crippen molar-refractivity contribution >= 4 is 44.3 Å². The maximum Gasteiger partial charge on any atom is 0.340 e. The van der Waals surface area contributed by atoms with E-state index in [1.54, 1.807) is 55.5 Å². The number of carbonyl (C=O) groups excluding carboxylic acids is 2. The zero-order valence-electron chi connectivity index (χ0n) is 13.8. The van der Waals surface area contributed by atoms with E-state index >= 15 is 0 Å². The van der Waals surface area contributed by atoms with E-state index in [1.807, 2.05) is 0 Å². The number of amides is 1. The molecule has 0 aromatic heterocycles. The van der Waals surface area contributed by atoms with Crippen LogP contribution in [0.1, 0.15) is 24.2 Å². The third-order valence-corrected chi connectivity index (χ3v) is 5.28. The smallest absolute Gasteiger partial charge is 0.340 e. The van der Waals surface area contributed by atoms with Crippen molar-refractivity contribution in [3.63, 3.8) is 0 Å². The van der Waals surface area contributed by atoms with Crippen molar-refractivity contribution in [3.05, 3.63) is 58.6 Å². The SMILES string of the molecule is CC[S@](=O)c1ccccc1C(=O)O[C@@H](C)C(=O)Nc1ccc(Br)cc1. The molecule has 1 N–H and O–H groups in total. The van der Waals surface area contributed by atoms with Crippen LogP contribution in [0.2, 0.25) is 0 Å². The summed E-state index contributed by atoms with van der Waals surface area (Å²) in [5.74, 6) is -0.718. The molecule has 1 amide bonds. The van der Waals surface area contributed by atoms with Crippen LogP contribution in [0, 0.1) is 0 Å². The fourth-order valence-electron chi connectivity index (χ4n) is 2.04. The molecule has 0 spiro atoms. The normalized spacial score (nSPS) is 12.9. The molecule has 0 aliphatic rings. The lowest BCUT2D eigenvalue weighted by Gasteiger charge is -2.15. The second-order valence-corrected chi connectivity index (χ2v) is 7.80. The first kappa shape index (κ1) is 19.3. The van der Waals surface area contributed by atoms with Crippen molar-refractivity contribution in [3.8, 4) is 0 Å². The molecule has 0 aliphatic carbocycles. The molecule has 2 rings (SSSR count). The lowest BCUT2D eigenvalue weighted by molar-refractivity contribution is -0.123. The minimum Gasteiger partial charge on any atom is -0.449 e. The molecule has 2 atom stereocenters. The number of nitrogens with one attached hydrogen (secondary N) is 1. The highest BCUT2D eigenvalue weighted by molar-refractivity contribution is 9.10. The van der Waals surface area contributed by atoms with Gasteiger partial charge in [0, 0.05) is 15.9 Å². The average molecular weight is 424 g/mol. The van der Waals surface area contributed by atoms with Crippen molar-refractivity contribution < 1.29 is 18.5 Å². The number of halogens is 1. The molecule has 0 radical (unpaired) electrons. The highest BCUT2D eigenvalue weighted by Crippen LogP contribution is 2.17. The Kier molecular flexibility index (Phi) is 6.90. The van der Waals surface area contributed by atoms with Gasteiger partial charge >= 0.3 is 5.97 Å². The second kappa shape index (κ2) is 8.92. The number of benzene rings is 2. The van der Waals surface area contributed by atoms with Crippen molar-refractivity contribution in [2.45, 2.75) is 24.8 Å². The number of esters is 1. The maximum atomic E-state index is 12.4. The van der Waals surface area contributed by atoms with Gasteiger partial charge in [-0.1, -0.05) is 35.0 Å². The molecule has 0 saturated carbocycles. The highest BCUT2D eigenvalue weighted by atomic mass is 79.9. The first-order valence-corrected chi connectivity index (χ1v) is 9.78. The number of hydrogen-bond donors (Lipinski definition) is 1. The standard InChI is InChI=1S/C18H18BrNO4S/c1-3-25(23)16-7-5-4-6-15(16)18(22)24-12(2)17(21)20-14-10-8-13(19)9-11-14/h4-12H,3H2,1-2H3,(H,20,21)/t12-,25-/m0/s1. The Balaban J connectivity index is 2.06. The molecule has 25 heavy (non-hydrogen) atoms. The van der Waals surface area contributed by atoms with Gasteiger partial charge in [0.25, 0.3) is 5.91 Å². The quantitative estimate of drug-likeness (QED) is 0.717. The van der Waals surface area contributed by atoms with Crippen LogP contribution in [0.3, 0.4) is 0 Å². The summed E-state index contributed by atoms with van der Waals surface area (Å²) in [6.45, 7) is 3.26. The molecule has 7 heteroatoms. The van der Waals surface area contributed by atoms with Crippen molar-refractivity contribution in [1.29, 1.82) is 0 Å². The van der Waals surface area contributed by atoms with Gasteiger partial charge in [-0.15, -0.1) is 0 Å². The number of ether oxygens (including phenoxy) is 1. The summed E-state index contributed by atoms with van der Waals surface area (Å²) in [6, 6.07) is 13.6. The largest absolute Gasteiger partial charge is 0.449 e. The zero-order chi connectivity index (χ0) is 18.4. The van der Waals surface area contributed by atoms with E-state index in [-0.39, 0.29) is 5.56 Å². The van der Waals surface area contributed by atoms with Crippen molar-refractivity contribution in [1.82, 2.24) is 0 Å². The van der Waals surface area contributed by atoms with Crippen LogP contribution >= 0.6 is 15.9 Å². The molecular weight excluding hydrogens is 406 g/mol. The number of hydrogen-bond acceptors (Lipinski definition) is 4. The van der Waals surface area contributed by atoms with E-state index < -0.39 is 28.8 Å². The van der Waals surface area contributed by atoms with Crippen LogP contribution in [-0.4, -0.2) is 27.9 Å². The van der Waals surface area contributed by atoms with E-state index in [4.69, 9.17) is 4.74 Å². The summed E-state index contributed by atoms with van der Waals surface area (Å²) < 4.78 is 18.2. The third-order valence-electron chi connectivity index (χ3n) is 3.38. The predicted octanol–water partition coefficient (Wildman–Crippen LogP) is 3.76. The van der Waals surface area contributed by atoms with E-state index in [1.165, 1.54) is 6.92 Å². The van der Waals surface area contributed by atoms with Crippen molar-refractivity contribution in [2.75, 3.05) is 11.1 Å². The molecule has 132 valence electrons. The summed E-state index contributed by atoms with van der Waals surface area (Å²) in [4.78, 5) is 24.9. The first-order valence-electron chi connectivity index (χ1n) is 7.67. The molecule has 2 aromatic carbocycles. The number of anilines is 1. The first-order chi connectivity index (χ1) is 11.9. The van der Waals surface area contributed by atoms with E-state index in [0.717, 1.165) is 4.47 Å². The monoisotopic (exact) mass is 423 g/mol. The fraction of sp³-hybridized carbons (Fsp3) is 0.222. The molecule has 0 saturated heterocycles. The van der Waals surface area contributed by atoms with Gasteiger partial charge < -0.3 is 10.1 Å². The molecule has 5 nitrogen and oxygen atoms in total. The summed E-state index contributed by atoms with van der Waals surface area (Å²) >= 11 is 3.32. The van der Waals surface area contributed by atoms with Gasteiger partial charge in [-0.25, -0.2) is 4.79 Å². The Hall–Kier alpha value is -1.99. The molecule has 0 heterocycles.